The van der Waals surface area contributed by atoms with Crippen molar-refractivity contribution in [2.45, 2.75) is 0 Å². The maximum atomic E-state index is 12.6. The minimum absolute atomic E-state index is 0.158. The molecule has 0 unspecified atom stereocenters. The lowest BCUT2D eigenvalue weighted by atomic mass is 10.1. The van der Waals surface area contributed by atoms with E-state index in [-0.39, 0.29) is 17.3 Å². The summed E-state index contributed by atoms with van der Waals surface area (Å²) in [4.78, 5) is 26.8. The molecule has 0 saturated heterocycles. The molecular formula is C40H27N3O5. The molecule has 0 spiro atoms. The standard InChI is InChI=1S/C40H27N3O5/c44-36-26-34(48-40(45)29-10-4-1-5-11-29)24-25-35(36)39-42-37(27-16-20-32(21-17-27)46-30-12-6-2-7-13-30)41-38(43-39)28-18-22-33(23-19-28)47-31-14-8-3-9-15-31/h1-26,44H. The van der Waals surface area contributed by atoms with Crippen LogP contribution in [0.1, 0.15) is 10.4 Å². The fraction of sp³-hybridized carbons (Fsp3) is 0. The molecule has 0 aliphatic carbocycles. The van der Waals surface area contributed by atoms with Crippen LogP contribution < -0.4 is 14.2 Å². The fourth-order valence-electron chi connectivity index (χ4n) is 4.85. The predicted molar refractivity (Wildman–Crippen MR) is 182 cm³/mol. The van der Waals surface area contributed by atoms with Gasteiger partial charge in [-0.25, -0.2) is 19.7 Å². The second-order valence-electron chi connectivity index (χ2n) is 10.6. The average molecular weight is 630 g/mol. The number of benzene rings is 6. The first-order valence-corrected chi connectivity index (χ1v) is 15.1. The van der Waals surface area contributed by atoms with Crippen LogP contribution in [0.3, 0.4) is 0 Å². The van der Waals surface area contributed by atoms with Gasteiger partial charge in [-0.15, -0.1) is 0 Å². The van der Waals surface area contributed by atoms with Crippen molar-refractivity contribution in [1.29, 1.82) is 0 Å². The monoisotopic (exact) mass is 629 g/mol. The second kappa shape index (κ2) is 13.7. The lowest BCUT2D eigenvalue weighted by molar-refractivity contribution is 0.0734. The van der Waals surface area contributed by atoms with Crippen LogP contribution in [0.2, 0.25) is 0 Å². The fourth-order valence-corrected chi connectivity index (χ4v) is 4.85. The van der Waals surface area contributed by atoms with E-state index < -0.39 is 5.97 Å². The molecule has 0 radical (unpaired) electrons. The number of aromatic hydroxyl groups is 1. The van der Waals surface area contributed by atoms with Gasteiger partial charge in [-0.1, -0.05) is 54.6 Å². The van der Waals surface area contributed by atoms with Gasteiger partial charge < -0.3 is 19.3 Å². The number of nitrogens with zero attached hydrogens (tertiary/aromatic N) is 3. The molecule has 0 amide bonds. The Balaban J connectivity index is 1.21. The number of hydrogen-bond acceptors (Lipinski definition) is 8. The van der Waals surface area contributed by atoms with Crippen LogP contribution in [0.4, 0.5) is 0 Å². The first-order valence-electron chi connectivity index (χ1n) is 15.1. The largest absolute Gasteiger partial charge is 0.507 e. The van der Waals surface area contributed by atoms with Crippen LogP contribution in [0.5, 0.6) is 34.5 Å². The van der Waals surface area contributed by atoms with Gasteiger partial charge in [0.25, 0.3) is 0 Å². The van der Waals surface area contributed by atoms with Gasteiger partial charge in [0, 0.05) is 17.2 Å². The van der Waals surface area contributed by atoms with E-state index in [2.05, 4.69) is 0 Å². The van der Waals surface area contributed by atoms with E-state index in [1.54, 1.807) is 36.4 Å². The number of ether oxygens (including phenoxy) is 3. The number of esters is 1. The molecule has 0 bridgehead atoms. The molecule has 48 heavy (non-hydrogen) atoms. The Kier molecular flexibility index (Phi) is 8.52. The van der Waals surface area contributed by atoms with E-state index in [0.717, 1.165) is 22.6 Å². The highest BCUT2D eigenvalue weighted by Gasteiger charge is 2.17. The molecule has 232 valence electrons. The van der Waals surface area contributed by atoms with Crippen molar-refractivity contribution in [3.05, 3.63) is 163 Å². The molecule has 7 aromatic rings. The highest BCUT2D eigenvalue weighted by molar-refractivity contribution is 5.91. The Morgan fingerprint density at radius 2 is 0.875 bits per heavy atom. The molecule has 0 atom stereocenters. The zero-order chi connectivity index (χ0) is 32.7. The van der Waals surface area contributed by atoms with E-state index >= 15 is 0 Å². The molecule has 0 saturated carbocycles. The molecule has 8 nitrogen and oxygen atoms in total. The van der Waals surface area contributed by atoms with E-state index in [4.69, 9.17) is 29.2 Å². The molecule has 0 fully saturated rings. The maximum absolute atomic E-state index is 12.6. The summed E-state index contributed by atoms with van der Waals surface area (Å²) >= 11 is 0. The number of aromatic nitrogens is 3. The lowest BCUT2D eigenvalue weighted by Crippen LogP contribution is -2.08. The molecule has 8 heteroatoms. The van der Waals surface area contributed by atoms with Crippen LogP contribution in [-0.2, 0) is 0 Å². The van der Waals surface area contributed by atoms with Gasteiger partial charge in [-0.05, 0) is 97.1 Å². The van der Waals surface area contributed by atoms with Crippen molar-refractivity contribution in [3.8, 4) is 68.7 Å². The first-order chi connectivity index (χ1) is 23.6. The Hall–Kier alpha value is -6.80. The number of carbonyl (C=O) groups is 1. The molecule has 7 rings (SSSR count). The zero-order valence-corrected chi connectivity index (χ0v) is 25.4. The topological polar surface area (TPSA) is 104 Å². The van der Waals surface area contributed by atoms with Crippen molar-refractivity contribution in [2.75, 3.05) is 0 Å². The van der Waals surface area contributed by atoms with Gasteiger partial charge in [-0.2, -0.15) is 0 Å². The molecular weight excluding hydrogens is 602 g/mol. The van der Waals surface area contributed by atoms with Gasteiger partial charge in [-0.3, -0.25) is 0 Å². The summed E-state index contributed by atoms with van der Waals surface area (Å²) in [7, 11) is 0. The number of hydrogen-bond donors (Lipinski definition) is 1. The Morgan fingerprint density at radius 3 is 1.35 bits per heavy atom. The Bertz CT molecular complexity index is 2060. The van der Waals surface area contributed by atoms with Crippen molar-refractivity contribution < 1.29 is 24.1 Å². The molecule has 1 N–H and O–H groups in total. The van der Waals surface area contributed by atoms with Crippen molar-refractivity contribution in [1.82, 2.24) is 15.0 Å². The van der Waals surface area contributed by atoms with Gasteiger partial charge in [0.2, 0.25) is 0 Å². The van der Waals surface area contributed by atoms with Gasteiger partial charge in [0.05, 0.1) is 11.1 Å². The van der Waals surface area contributed by atoms with E-state index in [9.17, 15) is 9.90 Å². The number of carbonyl (C=O) groups excluding carboxylic acids is 1. The van der Waals surface area contributed by atoms with Crippen molar-refractivity contribution in [3.63, 3.8) is 0 Å². The van der Waals surface area contributed by atoms with E-state index in [1.165, 1.54) is 6.07 Å². The first kappa shape index (κ1) is 29.9. The van der Waals surface area contributed by atoms with Gasteiger partial charge in [0.15, 0.2) is 17.5 Å². The molecule has 1 heterocycles. The SMILES string of the molecule is O=C(Oc1ccc(-c2nc(-c3ccc(Oc4ccccc4)cc3)nc(-c3ccc(Oc4ccccc4)cc3)n2)c(O)c1)c1ccccc1. The van der Waals surface area contributed by atoms with Crippen molar-refractivity contribution >= 4 is 5.97 Å². The zero-order valence-electron chi connectivity index (χ0n) is 25.4. The normalized spacial score (nSPS) is 10.7. The smallest absolute Gasteiger partial charge is 0.343 e. The number of phenolic OH excluding ortho intramolecular Hbond substituents is 1. The number of para-hydroxylation sites is 2. The highest BCUT2D eigenvalue weighted by Crippen LogP contribution is 2.34. The maximum Gasteiger partial charge on any atom is 0.343 e. The van der Waals surface area contributed by atoms with Gasteiger partial charge >= 0.3 is 5.97 Å². The summed E-state index contributed by atoms with van der Waals surface area (Å²) in [5, 5.41) is 11.1. The van der Waals surface area contributed by atoms with Crippen molar-refractivity contribution in [2.24, 2.45) is 0 Å². The molecule has 6 aromatic carbocycles. The summed E-state index contributed by atoms with van der Waals surface area (Å²) in [6.07, 6.45) is 0. The van der Waals surface area contributed by atoms with E-state index in [0.29, 0.717) is 34.3 Å². The van der Waals surface area contributed by atoms with Crippen LogP contribution in [0, 0.1) is 0 Å². The lowest BCUT2D eigenvalue weighted by Gasteiger charge is -2.11. The van der Waals surface area contributed by atoms with Crippen LogP contribution in [-0.4, -0.2) is 26.0 Å². The second-order valence-corrected chi connectivity index (χ2v) is 10.6. The molecule has 0 aliphatic rings. The quantitative estimate of drug-likeness (QED) is 0.124. The van der Waals surface area contributed by atoms with Gasteiger partial charge in [0.1, 0.15) is 34.5 Å². The minimum atomic E-state index is -0.535. The Morgan fingerprint density at radius 1 is 0.458 bits per heavy atom. The van der Waals surface area contributed by atoms with E-state index in [1.807, 2.05) is 115 Å². The highest BCUT2D eigenvalue weighted by atomic mass is 16.5. The van der Waals surface area contributed by atoms with Crippen LogP contribution in [0.15, 0.2) is 158 Å². The minimum Gasteiger partial charge on any atom is -0.507 e. The molecule has 1 aromatic heterocycles. The predicted octanol–water partition coefficient (Wildman–Crippen LogP) is 9.38. The summed E-state index contributed by atoms with van der Waals surface area (Å²) < 4.78 is 17.4. The third kappa shape index (κ3) is 7.03. The summed E-state index contributed by atoms with van der Waals surface area (Å²) in [6, 6.07) is 47.1. The summed E-state index contributed by atoms with van der Waals surface area (Å²) in [6.45, 7) is 0. The summed E-state index contributed by atoms with van der Waals surface area (Å²) in [5.74, 6) is 3.28. The average Bonchev–Trinajstić information content (AvgIpc) is 3.13. The Labute approximate surface area is 276 Å². The summed E-state index contributed by atoms with van der Waals surface area (Å²) in [5.41, 5.74) is 2.18. The number of phenols is 1. The van der Waals surface area contributed by atoms with Crippen LogP contribution in [0.25, 0.3) is 34.2 Å². The van der Waals surface area contributed by atoms with Crippen LogP contribution >= 0.6 is 0 Å². The number of rotatable bonds is 9. The third-order valence-electron chi connectivity index (χ3n) is 7.25. The third-order valence-corrected chi connectivity index (χ3v) is 7.25. The molecule has 0 aliphatic heterocycles.